The number of thiazole rings is 1. The minimum Gasteiger partial charge on any atom is -0.497 e. The van der Waals surface area contributed by atoms with Crippen molar-refractivity contribution in [3.05, 3.63) is 105 Å². The highest BCUT2D eigenvalue weighted by atomic mass is 32.2. The fourth-order valence-electron chi connectivity index (χ4n) is 9.09. The lowest BCUT2D eigenvalue weighted by Crippen LogP contribution is -2.42. The number of fused-ring (bicyclic) bond motifs is 10. The summed E-state index contributed by atoms with van der Waals surface area (Å²) in [4.78, 5) is 59.1. The number of benzene rings is 4. The van der Waals surface area contributed by atoms with Crippen LogP contribution in [0.1, 0.15) is 29.7 Å². The number of hydrogen-bond acceptors (Lipinski definition) is 9. The van der Waals surface area contributed by atoms with Crippen molar-refractivity contribution in [3.8, 4) is 17.2 Å². The maximum Gasteiger partial charge on any atom is 0.305 e. The summed E-state index contributed by atoms with van der Waals surface area (Å²) in [7, 11) is 1.58. The Labute approximate surface area is 307 Å². The number of hydrogen-bond donors (Lipinski definition) is 2. The third-order valence-corrected chi connectivity index (χ3v) is 13.7. The summed E-state index contributed by atoms with van der Waals surface area (Å²) >= 11 is 2.85. The van der Waals surface area contributed by atoms with E-state index < -0.39 is 11.8 Å². The number of aromatic amines is 1. The lowest BCUT2D eigenvalue weighted by molar-refractivity contribution is -0.123. The maximum atomic E-state index is 14.1. The van der Waals surface area contributed by atoms with Gasteiger partial charge in [-0.1, -0.05) is 47.7 Å². The van der Waals surface area contributed by atoms with E-state index in [0.717, 1.165) is 32.7 Å². The number of rotatable bonds is 9. The molecule has 3 fully saturated rings. The van der Waals surface area contributed by atoms with Crippen molar-refractivity contribution in [1.29, 1.82) is 0 Å². The number of imide groups is 1. The summed E-state index contributed by atoms with van der Waals surface area (Å²) in [6.45, 7) is 2.05. The van der Waals surface area contributed by atoms with Gasteiger partial charge in [-0.25, -0.2) is 0 Å². The van der Waals surface area contributed by atoms with Crippen LogP contribution in [0, 0.1) is 29.6 Å². The Morgan fingerprint density at radius 3 is 2.42 bits per heavy atom. The van der Waals surface area contributed by atoms with Crippen LogP contribution < -0.4 is 29.3 Å². The number of thioether (sulfide) groups is 1. The van der Waals surface area contributed by atoms with Gasteiger partial charge in [-0.15, -0.1) is 11.8 Å². The van der Waals surface area contributed by atoms with Crippen molar-refractivity contribution < 1.29 is 28.6 Å². The summed E-state index contributed by atoms with van der Waals surface area (Å²) in [6, 6.07) is 26.5. The summed E-state index contributed by atoms with van der Waals surface area (Å²) in [6.07, 6.45) is 0.785. The molecule has 4 aliphatic rings. The molecular weight excluding hydrogens is 699 g/mol. The Kier molecular flexibility index (Phi) is 8.11. The number of nitrogens with zero attached hydrogens (tertiary/aromatic N) is 1. The number of carbonyl (C=O) groups is 3. The molecule has 264 valence electrons. The standard InChI is InChI=1S/C40H35N3O7S2/c1-3-49-29-17-22(9-15-28(29)50-19-30(44)41-23-10-8-20-6-4-5-7-21(20)16-23)31-32-26-18-27(35(32)51-37-36(31)52-40(47)42-37)34-33(26)38(45)43(39(34)46)24-11-13-25(48-2)14-12-24/h4-17,26-27,31-35H,3,18-19H2,1-2H3,(H,41,44)(H,42,47)/t26?,27?,31-,32?,33?,34?,35?/m1/s1. The number of amides is 3. The zero-order chi connectivity index (χ0) is 35.7. The molecule has 2 saturated carbocycles. The van der Waals surface area contributed by atoms with E-state index in [4.69, 9.17) is 14.2 Å². The fraction of sp³-hybridized carbons (Fsp3) is 0.300. The zero-order valence-corrected chi connectivity index (χ0v) is 30.0. The largest absolute Gasteiger partial charge is 0.497 e. The molecule has 9 rings (SSSR count). The normalized spacial score (nSPS) is 25.5. The molecule has 6 unspecified atom stereocenters. The van der Waals surface area contributed by atoms with E-state index in [-0.39, 0.29) is 58.1 Å². The van der Waals surface area contributed by atoms with Crippen LogP contribution in [0.15, 0.2) is 94.7 Å². The van der Waals surface area contributed by atoms with Crippen molar-refractivity contribution in [1.82, 2.24) is 4.98 Å². The van der Waals surface area contributed by atoms with Crippen LogP contribution in [0.4, 0.5) is 11.4 Å². The van der Waals surface area contributed by atoms with Gasteiger partial charge in [0.2, 0.25) is 11.8 Å². The first-order valence-electron chi connectivity index (χ1n) is 17.4. The van der Waals surface area contributed by atoms with Gasteiger partial charge in [0.15, 0.2) is 18.1 Å². The number of ether oxygens (including phenoxy) is 3. The number of methoxy groups -OCH3 is 1. The lowest BCUT2D eigenvalue weighted by Gasteiger charge is -2.43. The van der Waals surface area contributed by atoms with E-state index in [9.17, 15) is 19.2 Å². The van der Waals surface area contributed by atoms with Crippen molar-refractivity contribution in [3.63, 3.8) is 0 Å². The van der Waals surface area contributed by atoms with Gasteiger partial charge in [-0.3, -0.25) is 24.1 Å². The van der Waals surface area contributed by atoms with E-state index in [0.29, 0.717) is 35.2 Å². The van der Waals surface area contributed by atoms with Crippen molar-refractivity contribution in [2.24, 2.45) is 29.6 Å². The van der Waals surface area contributed by atoms with Gasteiger partial charge >= 0.3 is 4.87 Å². The minimum atomic E-state index is -0.420. The molecule has 10 nitrogen and oxygen atoms in total. The molecule has 2 aliphatic heterocycles. The molecule has 12 heteroatoms. The van der Waals surface area contributed by atoms with E-state index in [1.807, 2.05) is 67.6 Å². The predicted molar refractivity (Wildman–Crippen MR) is 200 cm³/mol. The molecule has 2 N–H and O–H groups in total. The molecule has 0 radical (unpaired) electrons. The third-order valence-electron chi connectivity index (χ3n) is 11.1. The molecule has 3 amide bonds. The maximum absolute atomic E-state index is 14.1. The minimum absolute atomic E-state index is 0.00108. The van der Waals surface area contributed by atoms with Crippen LogP contribution in [0.25, 0.3) is 10.8 Å². The lowest BCUT2D eigenvalue weighted by atomic mass is 9.68. The molecule has 2 aliphatic carbocycles. The van der Waals surface area contributed by atoms with Crippen LogP contribution in [-0.2, 0) is 14.4 Å². The highest BCUT2D eigenvalue weighted by Gasteiger charge is 2.69. The van der Waals surface area contributed by atoms with Gasteiger partial charge in [0.25, 0.3) is 5.91 Å². The van der Waals surface area contributed by atoms with Gasteiger partial charge in [-0.05, 0) is 96.0 Å². The Morgan fingerprint density at radius 1 is 0.885 bits per heavy atom. The molecule has 4 aromatic carbocycles. The van der Waals surface area contributed by atoms with E-state index in [1.54, 1.807) is 43.1 Å². The molecule has 3 heterocycles. The van der Waals surface area contributed by atoms with Crippen LogP contribution in [-0.4, -0.2) is 48.3 Å². The van der Waals surface area contributed by atoms with Gasteiger partial charge in [0, 0.05) is 21.7 Å². The second-order valence-electron chi connectivity index (χ2n) is 13.7. The zero-order valence-electron chi connectivity index (χ0n) is 28.4. The molecule has 0 spiro atoms. The highest BCUT2D eigenvalue weighted by Crippen LogP contribution is 2.69. The van der Waals surface area contributed by atoms with E-state index >= 15 is 0 Å². The molecule has 7 atom stereocenters. The second kappa shape index (κ2) is 12.9. The first-order valence-corrected chi connectivity index (χ1v) is 19.1. The van der Waals surface area contributed by atoms with E-state index in [1.165, 1.54) is 16.2 Å². The van der Waals surface area contributed by atoms with Crippen LogP contribution in [0.3, 0.4) is 0 Å². The topological polar surface area (TPSA) is 127 Å². The average molecular weight is 734 g/mol. The van der Waals surface area contributed by atoms with Gasteiger partial charge < -0.3 is 24.5 Å². The fourth-order valence-corrected chi connectivity index (χ4v) is 12.0. The summed E-state index contributed by atoms with van der Waals surface area (Å²) in [5.41, 5.74) is 2.18. The third kappa shape index (κ3) is 5.30. The monoisotopic (exact) mass is 733 g/mol. The van der Waals surface area contributed by atoms with Crippen LogP contribution in [0.5, 0.6) is 17.2 Å². The SMILES string of the molecule is CCOc1cc([C@H]2c3sc(=O)[nH]c3SC3C4CC(C5C(=O)N(c6ccc(OC)cc6)C(=O)C45)C32)ccc1OCC(=O)Nc1ccc2ccccc2c1. The number of carbonyl (C=O) groups excluding carboxylic acids is 3. The highest BCUT2D eigenvalue weighted by molar-refractivity contribution is 8.00. The molecule has 2 bridgehead atoms. The average Bonchev–Trinajstić information content (AvgIpc) is 3.90. The Hall–Kier alpha value is -5.07. The summed E-state index contributed by atoms with van der Waals surface area (Å²) in [5.74, 6) is -0.0204. The summed E-state index contributed by atoms with van der Waals surface area (Å²) < 4.78 is 17.4. The number of nitrogens with one attached hydrogen (secondary N) is 2. The van der Waals surface area contributed by atoms with E-state index in [2.05, 4.69) is 10.3 Å². The molecule has 1 saturated heterocycles. The first-order chi connectivity index (χ1) is 25.3. The number of H-pyrrole nitrogens is 1. The first kappa shape index (κ1) is 32.8. The molecular formula is C40H35N3O7S2. The Balaban J connectivity index is 0.996. The molecule has 5 aromatic rings. The van der Waals surface area contributed by atoms with Crippen molar-refractivity contribution in [2.75, 3.05) is 30.5 Å². The van der Waals surface area contributed by atoms with Crippen LogP contribution in [0.2, 0.25) is 0 Å². The van der Waals surface area contributed by atoms with Crippen LogP contribution >= 0.6 is 23.1 Å². The van der Waals surface area contributed by atoms with Crippen molar-refractivity contribution in [2.45, 2.75) is 29.5 Å². The van der Waals surface area contributed by atoms with Crippen molar-refractivity contribution >= 4 is 63.0 Å². The molecule has 52 heavy (non-hydrogen) atoms. The number of aromatic nitrogens is 1. The number of anilines is 2. The quantitative estimate of drug-likeness (QED) is 0.161. The predicted octanol–water partition coefficient (Wildman–Crippen LogP) is 6.69. The second-order valence-corrected chi connectivity index (χ2v) is 15.9. The Morgan fingerprint density at radius 2 is 1.65 bits per heavy atom. The summed E-state index contributed by atoms with van der Waals surface area (Å²) in [5, 5.41) is 5.91. The Bertz CT molecular complexity index is 2300. The van der Waals surface area contributed by atoms with Gasteiger partial charge in [-0.2, -0.15) is 0 Å². The van der Waals surface area contributed by atoms with Gasteiger partial charge in [0.1, 0.15) is 5.75 Å². The smallest absolute Gasteiger partial charge is 0.305 e. The van der Waals surface area contributed by atoms with Gasteiger partial charge in [0.05, 0.1) is 36.3 Å². The molecule has 1 aromatic heterocycles.